The van der Waals surface area contributed by atoms with Crippen LogP contribution >= 0.6 is 23.2 Å². The van der Waals surface area contributed by atoms with Crippen LogP contribution in [-0.2, 0) is 0 Å². The van der Waals surface area contributed by atoms with Gasteiger partial charge in [0.2, 0.25) is 5.96 Å². The maximum atomic E-state index is 6.45. The highest BCUT2D eigenvalue weighted by atomic mass is 35.5. The number of guanidine groups is 1. The van der Waals surface area contributed by atoms with E-state index in [1.165, 1.54) is 5.56 Å². The first kappa shape index (κ1) is 15.8. The van der Waals surface area contributed by atoms with Crippen molar-refractivity contribution >= 4 is 34.8 Å². The SMILES string of the molecule is Clc1cccc(Cl)c1N1CCC(c2ccccc2)N2CCCN=C12. The molecule has 0 aromatic heterocycles. The van der Waals surface area contributed by atoms with E-state index in [0.29, 0.717) is 16.1 Å². The summed E-state index contributed by atoms with van der Waals surface area (Å²) in [5.41, 5.74) is 2.22. The summed E-state index contributed by atoms with van der Waals surface area (Å²) in [4.78, 5) is 9.41. The molecule has 0 bridgehead atoms. The molecule has 0 amide bonds. The van der Waals surface area contributed by atoms with Gasteiger partial charge in [-0.15, -0.1) is 0 Å². The molecule has 0 spiro atoms. The minimum atomic E-state index is 0.364. The summed E-state index contributed by atoms with van der Waals surface area (Å²) in [6.07, 6.45) is 2.10. The van der Waals surface area contributed by atoms with Gasteiger partial charge in [-0.2, -0.15) is 0 Å². The quantitative estimate of drug-likeness (QED) is 0.750. The Morgan fingerprint density at radius 2 is 1.67 bits per heavy atom. The van der Waals surface area contributed by atoms with E-state index in [2.05, 4.69) is 40.1 Å². The van der Waals surface area contributed by atoms with Gasteiger partial charge in [0.15, 0.2) is 0 Å². The zero-order valence-corrected chi connectivity index (χ0v) is 14.8. The van der Waals surface area contributed by atoms with Crippen LogP contribution in [0.5, 0.6) is 0 Å². The van der Waals surface area contributed by atoms with Crippen molar-refractivity contribution < 1.29 is 0 Å². The van der Waals surface area contributed by atoms with Gasteiger partial charge in [-0.25, -0.2) is 0 Å². The van der Waals surface area contributed by atoms with E-state index in [0.717, 1.165) is 44.1 Å². The highest BCUT2D eigenvalue weighted by Gasteiger charge is 2.35. The van der Waals surface area contributed by atoms with Crippen molar-refractivity contribution in [3.8, 4) is 0 Å². The largest absolute Gasteiger partial charge is 0.335 e. The second-order valence-electron chi connectivity index (χ2n) is 6.17. The lowest BCUT2D eigenvalue weighted by Gasteiger charge is -2.46. The van der Waals surface area contributed by atoms with Gasteiger partial charge in [0.05, 0.1) is 21.8 Å². The molecule has 0 radical (unpaired) electrons. The summed E-state index contributed by atoms with van der Waals surface area (Å²) in [7, 11) is 0. The van der Waals surface area contributed by atoms with E-state index in [1.54, 1.807) is 0 Å². The fraction of sp³-hybridized carbons (Fsp3) is 0.316. The van der Waals surface area contributed by atoms with Crippen molar-refractivity contribution in [1.29, 1.82) is 0 Å². The fourth-order valence-corrected chi connectivity index (χ4v) is 4.24. The van der Waals surface area contributed by atoms with Crippen LogP contribution < -0.4 is 4.90 Å². The van der Waals surface area contributed by atoms with E-state index >= 15 is 0 Å². The third kappa shape index (κ3) is 2.76. The lowest BCUT2D eigenvalue weighted by Crippen LogP contribution is -2.54. The highest BCUT2D eigenvalue weighted by Crippen LogP contribution is 2.39. The topological polar surface area (TPSA) is 18.8 Å². The molecule has 1 unspecified atom stereocenters. The number of para-hydroxylation sites is 1. The van der Waals surface area contributed by atoms with Crippen molar-refractivity contribution in [1.82, 2.24) is 4.90 Å². The lowest BCUT2D eigenvalue weighted by atomic mass is 9.98. The predicted molar refractivity (Wildman–Crippen MR) is 101 cm³/mol. The first-order chi connectivity index (χ1) is 11.8. The van der Waals surface area contributed by atoms with Gasteiger partial charge in [-0.05, 0) is 30.5 Å². The van der Waals surface area contributed by atoms with Crippen LogP contribution in [0.25, 0.3) is 0 Å². The van der Waals surface area contributed by atoms with Crippen molar-refractivity contribution in [2.24, 2.45) is 4.99 Å². The molecule has 4 rings (SSSR count). The highest BCUT2D eigenvalue weighted by molar-refractivity contribution is 6.40. The Morgan fingerprint density at radius 3 is 2.42 bits per heavy atom. The van der Waals surface area contributed by atoms with E-state index < -0.39 is 0 Å². The molecular weight excluding hydrogens is 341 g/mol. The van der Waals surface area contributed by atoms with E-state index in [-0.39, 0.29) is 0 Å². The Hall–Kier alpha value is -1.71. The van der Waals surface area contributed by atoms with Crippen LogP contribution in [0.3, 0.4) is 0 Å². The first-order valence-corrected chi connectivity index (χ1v) is 9.09. The normalized spacial score (nSPS) is 20.6. The molecule has 3 nitrogen and oxygen atoms in total. The van der Waals surface area contributed by atoms with Crippen LogP contribution in [0.1, 0.15) is 24.4 Å². The number of fused-ring (bicyclic) bond motifs is 1. The average molecular weight is 360 g/mol. The number of rotatable bonds is 2. The maximum absolute atomic E-state index is 6.45. The molecule has 124 valence electrons. The van der Waals surface area contributed by atoms with Gasteiger partial charge in [0.25, 0.3) is 0 Å². The molecule has 1 atom stereocenters. The van der Waals surface area contributed by atoms with Gasteiger partial charge >= 0.3 is 0 Å². The summed E-state index contributed by atoms with van der Waals surface area (Å²) >= 11 is 12.9. The summed E-state index contributed by atoms with van der Waals surface area (Å²) in [6, 6.07) is 16.7. The first-order valence-electron chi connectivity index (χ1n) is 8.33. The van der Waals surface area contributed by atoms with Crippen molar-refractivity contribution in [3.63, 3.8) is 0 Å². The summed E-state index contributed by atoms with van der Waals surface area (Å²) in [5.74, 6) is 0.997. The van der Waals surface area contributed by atoms with Crippen molar-refractivity contribution in [2.45, 2.75) is 18.9 Å². The Balaban J connectivity index is 1.73. The molecule has 0 saturated carbocycles. The summed E-state index contributed by atoms with van der Waals surface area (Å²) < 4.78 is 0. The van der Waals surface area contributed by atoms with Gasteiger partial charge in [0.1, 0.15) is 0 Å². The van der Waals surface area contributed by atoms with E-state index in [1.807, 2.05) is 18.2 Å². The average Bonchev–Trinajstić information content (AvgIpc) is 2.62. The number of anilines is 1. The molecular formula is C19H19Cl2N3. The molecule has 2 aliphatic rings. The summed E-state index contributed by atoms with van der Waals surface area (Å²) in [6.45, 7) is 2.72. The van der Waals surface area contributed by atoms with Crippen molar-refractivity contribution in [3.05, 3.63) is 64.1 Å². The molecule has 2 aliphatic heterocycles. The molecule has 5 heteroatoms. The predicted octanol–water partition coefficient (Wildman–Crippen LogP) is 5.01. The standard InChI is InChI=1S/C19H19Cl2N3/c20-15-8-4-9-16(21)18(15)24-13-10-17(14-6-2-1-3-7-14)23-12-5-11-22-19(23)24/h1-4,6-9,17H,5,10-13H2. The summed E-state index contributed by atoms with van der Waals surface area (Å²) in [5, 5.41) is 1.35. The molecule has 1 fully saturated rings. The van der Waals surface area contributed by atoms with E-state index in [9.17, 15) is 0 Å². The Kier molecular flexibility index (Phi) is 4.38. The zero-order valence-electron chi connectivity index (χ0n) is 13.3. The van der Waals surface area contributed by atoms with E-state index in [4.69, 9.17) is 28.2 Å². The smallest absolute Gasteiger partial charge is 0.201 e. The van der Waals surface area contributed by atoms with Crippen LogP contribution in [0, 0.1) is 0 Å². The minimum absolute atomic E-state index is 0.364. The Labute approximate surface area is 152 Å². The minimum Gasteiger partial charge on any atom is -0.335 e. The molecule has 0 aliphatic carbocycles. The Bertz CT molecular complexity index is 740. The number of benzene rings is 2. The number of aliphatic imine (C=N–C) groups is 1. The Morgan fingerprint density at radius 1 is 0.917 bits per heavy atom. The van der Waals surface area contributed by atoms with Crippen LogP contribution in [-0.4, -0.2) is 30.5 Å². The third-order valence-corrected chi connectivity index (χ3v) is 5.31. The monoisotopic (exact) mass is 359 g/mol. The van der Waals surface area contributed by atoms with Crippen molar-refractivity contribution in [2.75, 3.05) is 24.5 Å². The van der Waals surface area contributed by atoms with Crippen LogP contribution in [0.4, 0.5) is 5.69 Å². The van der Waals surface area contributed by atoms with Gasteiger partial charge in [0, 0.05) is 19.6 Å². The van der Waals surface area contributed by atoms with Gasteiger partial charge < -0.3 is 9.80 Å². The molecule has 2 aromatic carbocycles. The second kappa shape index (κ2) is 6.66. The zero-order chi connectivity index (χ0) is 16.5. The van der Waals surface area contributed by atoms with Gasteiger partial charge in [-0.3, -0.25) is 4.99 Å². The number of halogens is 2. The molecule has 24 heavy (non-hydrogen) atoms. The molecule has 2 heterocycles. The van der Waals surface area contributed by atoms with Gasteiger partial charge in [-0.1, -0.05) is 59.6 Å². The van der Waals surface area contributed by atoms with Crippen LogP contribution in [0.2, 0.25) is 10.0 Å². The van der Waals surface area contributed by atoms with Crippen LogP contribution in [0.15, 0.2) is 53.5 Å². The number of hydrogen-bond acceptors (Lipinski definition) is 3. The molecule has 0 N–H and O–H groups in total. The number of nitrogens with zero attached hydrogens (tertiary/aromatic N) is 3. The maximum Gasteiger partial charge on any atom is 0.201 e. The third-order valence-electron chi connectivity index (χ3n) is 4.70. The lowest BCUT2D eigenvalue weighted by molar-refractivity contribution is 0.264. The fourth-order valence-electron chi connectivity index (χ4n) is 3.63. The number of hydrogen-bond donors (Lipinski definition) is 0. The molecule has 1 saturated heterocycles. The molecule has 2 aromatic rings. The second-order valence-corrected chi connectivity index (χ2v) is 6.98.